The summed E-state index contributed by atoms with van der Waals surface area (Å²) in [6, 6.07) is 14.0. The highest BCUT2D eigenvalue weighted by Crippen LogP contribution is 2.55. The molecule has 3 amide bonds. The second-order valence-electron chi connectivity index (χ2n) is 10.0. The number of anilines is 1. The molecule has 3 aromatic rings. The number of phenols is 1. The molecule has 196 valence electrons. The van der Waals surface area contributed by atoms with Gasteiger partial charge in [-0.15, -0.1) is 0 Å². The molecule has 0 aliphatic carbocycles. The number of hydrogen-bond donors (Lipinski definition) is 1. The van der Waals surface area contributed by atoms with E-state index in [0.717, 1.165) is 36.2 Å². The van der Waals surface area contributed by atoms with Crippen molar-refractivity contribution in [1.29, 1.82) is 0 Å². The van der Waals surface area contributed by atoms with Crippen molar-refractivity contribution in [1.82, 2.24) is 9.47 Å². The molecule has 38 heavy (non-hydrogen) atoms. The Morgan fingerprint density at radius 3 is 2.39 bits per heavy atom. The number of aromatic nitrogens is 1. The molecule has 0 radical (unpaired) electrons. The number of thiazole rings is 1. The molecule has 6 rings (SSSR count). The summed E-state index contributed by atoms with van der Waals surface area (Å²) in [4.78, 5) is 57.3. The molecule has 0 bridgehead atoms. The standard InChI is InChI=1S/C28H27N3O5S2/c1-16-9-11-17(12-10-16)31-25(34)22-21(18-7-3-4-8-19(18)32)24-27(37-23(22)26(31)35)30(28(36)38-24)15-20(33)29-13-5-2-6-14-29/h3-4,7-12,21-23,32H,2,5-6,13-15H2,1H3. The Balaban J connectivity index is 1.45. The lowest BCUT2D eigenvalue weighted by Crippen LogP contribution is -2.39. The average Bonchev–Trinajstić information content (AvgIpc) is 3.36. The molecule has 0 saturated carbocycles. The minimum absolute atomic E-state index is 0.0000676. The van der Waals surface area contributed by atoms with Gasteiger partial charge in [-0.05, 0) is 44.4 Å². The summed E-state index contributed by atoms with van der Waals surface area (Å²) < 4.78 is 1.46. The molecule has 1 aromatic heterocycles. The highest BCUT2D eigenvalue weighted by Gasteiger charge is 2.57. The maximum atomic E-state index is 13.9. The van der Waals surface area contributed by atoms with Gasteiger partial charge in [-0.25, -0.2) is 4.90 Å². The minimum atomic E-state index is -0.793. The van der Waals surface area contributed by atoms with Gasteiger partial charge in [0.15, 0.2) is 0 Å². The van der Waals surface area contributed by atoms with Gasteiger partial charge in [0.25, 0.3) is 0 Å². The number of thioether (sulfide) groups is 1. The lowest BCUT2D eigenvalue weighted by molar-refractivity contribution is -0.133. The predicted molar refractivity (Wildman–Crippen MR) is 146 cm³/mol. The molecule has 3 atom stereocenters. The molecular formula is C28H27N3O5S2. The predicted octanol–water partition coefficient (Wildman–Crippen LogP) is 3.73. The van der Waals surface area contributed by atoms with Crippen LogP contribution in [0.5, 0.6) is 5.75 Å². The highest BCUT2D eigenvalue weighted by atomic mass is 32.2. The zero-order valence-electron chi connectivity index (χ0n) is 20.8. The van der Waals surface area contributed by atoms with E-state index in [9.17, 15) is 24.3 Å². The van der Waals surface area contributed by atoms with Gasteiger partial charge in [-0.2, -0.15) is 0 Å². The third kappa shape index (κ3) is 4.06. The molecular weight excluding hydrogens is 522 g/mol. The maximum Gasteiger partial charge on any atom is 0.308 e. The lowest BCUT2D eigenvalue weighted by Gasteiger charge is -2.31. The highest BCUT2D eigenvalue weighted by molar-refractivity contribution is 8.00. The van der Waals surface area contributed by atoms with Crippen molar-refractivity contribution < 1.29 is 19.5 Å². The number of nitrogens with zero attached hydrogens (tertiary/aromatic N) is 3. The van der Waals surface area contributed by atoms with Crippen molar-refractivity contribution in [2.45, 2.75) is 48.9 Å². The summed E-state index contributed by atoms with van der Waals surface area (Å²) in [5, 5.41) is 10.6. The normalized spacial score (nSPS) is 22.9. The number of carbonyl (C=O) groups excluding carboxylic acids is 3. The van der Waals surface area contributed by atoms with E-state index in [1.54, 1.807) is 41.3 Å². The van der Waals surface area contributed by atoms with Crippen LogP contribution in [0.1, 0.15) is 41.2 Å². The number of rotatable bonds is 4. The number of likely N-dealkylation sites (tertiary alicyclic amines) is 1. The maximum absolute atomic E-state index is 13.9. The summed E-state index contributed by atoms with van der Waals surface area (Å²) in [5.41, 5.74) is 2.00. The molecule has 10 heteroatoms. The number of para-hydroxylation sites is 1. The molecule has 2 aromatic carbocycles. The van der Waals surface area contributed by atoms with Crippen LogP contribution in [0.15, 0.2) is 58.4 Å². The number of piperidine rings is 1. The van der Waals surface area contributed by atoms with Gasteiger partial charge in [0.2, 0.25) is 17.7 Å². The van der Waals surface area contributed by atoms with Gasteiger partial charge in [0, 0.05) is 29.4 Å². The quantitative estimate of drug-likeness (QED) is 0.498. The smallest absolute Gasteiger partial charge is 0.308 e. The van der Waals surface area contributed by atoms with Gasteiger partial charge >= 0.3 is 4.87 Å². The first kappa shape index (κ1) is 24.9. The van der Waals surface area contributed by atoms with Gasteiger partial charge < -0.3 is 10.0 Å². The number of benzene rings is 2. The molecule has 1 N–H and O–H groups in total. The summed E-state index contributed by atoms with van der Waals surface area (Å²) in [6.07, 6.45) is 2.98. The fraction of sp³-hybridized carbons (Fsp3) is 0.357. The average molecular weight is 550 g/mol. The molecule has 3 aliphatic heterocycles. The van der Waals surface area contributed by atoms with Crippen LogP contribution in [-0.2, 0) is 20.9 Å². The van der Waals surface area contributed by atoms with Crippen LogP contribution in [0, 0.1) is 12.8 Å². The van der Waals surface area contributed by atoms with Crippen LogP contribution in [0.2, 0.25) is 0 Å². The Labute approximate surface area is 227 Å². The Hall–Kier alpha value is -3.37. The minimum Gasteiger partial charge on any atom is -0.508 e. The van der Waals surface area contributed by atoms with Crippen LogP contribution in [0.4, 0.5) is 5.69 Å². The Morgan fingerprint density at radius 2 is 1.68 bits per heavy atom. The number of phenolic OH excluding ortho intramolecular Hbond substituents is 1. The van der Waals surface area contributed by atoms with Gasteiger partial charge in [-0.1, -0.05) is 59.0 Å². The first-order chi connectivity index (χ1) is 18.3. The van der Waals surface area contributed by atoms with Crippen LogP contribution in [-0.4, -0.2) is 50.6 Å². The van der Waals surface area contributed by atoms with Crippen LogP contribution in [0.25, 0.3) is 0 Å². The number of aromatic hydroxyl groups is 1. The molecule has 4 heterocycles. The Kier molecular flexibility index (Phi) is 6.39. The number of hydrogen-bond acceptors (Lipinski definition) is 7. The van der Waals surface area contributed by atoms with Crippen LogP contribution >= 0.6 is 23.1 Å². The van der Waals surface area contributed by atoms with Gasteiger partial charge in [-0.3, -0.25) is 23.7 Å². The van der Waals surface area contributed by atoms with E-state index >= 15 is 0 Å². The summed E-state index contributed by atoms with van der Waals surface area (Å²) in [7, 11) is 0. The third-order valence-electron chi connectivity index (χ3n) is 7.62. The molecule has 0 spiro atoms. The van der Waals surface area contributed by atoms with E-state index in [1.165, 1.54) is 21.2 Å². The van der Waals surface area contributed by atoms with Crippen molar-refractivity contribution in [2.24, 2.45) is 5.92 Å². The third-order valence-corrected chi connectivity index (χ3v) is 10.2. The second kappa shape index (κ2) is 9.74. The molecule has 8 nitrogen and oxygen atoms in total. The van der Waals surface area contributed by atoms with Crippen molar-refractivity contribution >= 4 is 46.5 Å². The topological polar surface area (TPSA) is 99.9 Å². The van der Waals surface area contributed by atoms with E-state index in [-0.39, 0.29) is 34.9 Å². The van der Waals surface area contributed by atoms with E-state index in [1.807, 2.05) is 19.1 Å². The van der Waals surface area contributed by atoms with E-state index in [2.05, 4.69) is 0 Å². The molecule has 2 saturated heterocycles. The summed E-state index contributed by atoms with van der Waals surface area (Å²) >= 11 is 2.18. The largest absolute Gasteiger partial charge is 0.508 e. The SMILES string of the molecule is Cc1ccc(N2C(=O)C3Sc4c(sc(=O)n4CC(=O)N4CCCCC4)C(c4ccccc4O)C3C2=O)cc1. The van der Waals surface area contributed by atoms with Crippen molar-refractivity contribution in [3.05, 3.63) is 74.2 Å². The second-order valence-corrected chi connectivity index (χ2v) is 12.1. The van der Waals surface area contributed by atoms with Crippen LogP contribution in [0.3, 0.4) is 0 Å². The van der Waals surface area contributed by atoms with Gasteiger partial charge in [0.05, 0.1) is 16.6 Å². The zero-order valence-corrected chi connectivity index (χ0v) is 22.5. The lowest BCUT2D eigenvalue weighted by atomic mass is 9.82. The van der Waals surface area contributed by atoms with Crippen molar-refractivity contribution in [2.75, 3.05) is 18.0 Å². The monoisotopic (exact) mass is 549 g/mol. The van der Waals surface area contributed by atoms with E-state index < -0.39 is 17.1 Å². The number of fused-ring (bicyclic) bond motifs is 2. The number of amides is 3. The first-order valence-corrected chi connectivity index (χ1v) is 14.4. The van der Waals surface area contributed by atoms with Crippen molar-refractivity contribution in [3.8, 4) is 5.75 Å². The van der Waals surface area contributed by atoms with Crippen molar-refractivity contribution in [3.63, 3.8) is 0 Å². The fourth-order valence-electron chi connectivity index (χ4n) is 5.67. The summed E-state index contributed by atoms with van der Waals surface area (Å²) in [5.74, 6) is -2.31. The van der Waals surface area contributed by atoms with Crippen LogP contribution < -0.4 is 9.77 Å². The fourth-order valence-corrected chi connectivity index (χ4v) is 8.43. The first-order valence-electron chi connectivity index (χ1n) is 12.8. The van der Waals surface area contributed by atoms with E-state index in [0.29, 0.717) is 34.2 Å². The zero-order chi connectivity index (χ0) is 26.6. The van der Waals surface area contributed by atoms with E-state index in [4.69, 9.17) is 0 Å². The van der Waals surface area contributed by atoms with Gasteiger partial charge in [0.1, 0.15) is 17.5 Å². The molecule has 2 fully saturated rings. The Bertz CT molecular complexity index is 1490. The molecule has 3 unspecified atom stereocenters. The molecule has 3 aliphatic rings. The summed E-state index contributed by atoms with van der Waals surface area (Å²) in [6.45, 7) is 3.18. The Morgan fingerprint density at radius 1 is 0.974 bits per heavy atom. The number of imide groups is 1. The number of carbonyl (C=O) groups is 3. The number of aryl methyl sites for hydroxylation is 1.